The number of hydrogen-bond donors (Lipinski definition) is 0. The zero-order chi connectivity index (χ0) is 18.1. The normalized spacial score (nSPS) is 11.5. The second kappa shape index (κ2) is 6.65. The summed E-state index contributed by atoms with van der Waals surface area (Å²) in [6, 6.07) is 14.5. The van der Waals surface area contributed by atoms with E-state index in [0.29, 0.717) is 11.5 Å². The van der Waals surface area contributed by atoms with Gasteiger partial charge in [-0.25, -0.2) is 13.8 Å². The summed E-state index contributed by atoms with van der Waals surface area (Å²) in [6.07, 6.45) is 2.47. The number of thiazole rings is 1. The molecule has 0 N–H and O–H groups in total. The van der Waals surface area contributed by atoms with Gasteiger partial charge in [0.25, 0.3) is 0 Å². The maximum Gasteiger partial charge on any atom is 0.191 e. The number of fused-ring (bicyclic) bond motifs is 1. The molecule has 0 aliphatic heterocycles. The topological polar surface area (TPSA) is 43.1 Å². The molecule has 0 saturated heterocycles. The first-order valence-electron chi connectivity index (χ1n) is 7.74. The Balaban J connectivity index is 1.58. The van der Waals surface area contributed by atoms with Crippen molar-refractivity contribution in [3.05, 3.63) is 83.6 Å². The van der Waals surface area contributed by atoms with Crippen molar-refractivity contribution in [2.24, 2.45) is 0 Å². The fraction of sp³-hybridized carbons (Fsp3) is 0. The second-order valence-electron chi connectivity index (χ2n) is 5.48. The minimum atomic E-state index is -0.894. The fourth-order valence-corrected chi connectivity index (χ4v) is 3.44. The third-order valence-electron chi connectivity index (χ3n) is 3.74. The molecule has 0 radical (unpaired) electrons. The summed E-state index contributed by atoms with van der Waals surface area (Å²) in [5, 5.41) is 0.720. The van der Waals surface area contributed by atoms with Crippen molar-refractivity contribution in [1.82, 2.24) is 4.98 Å². The molecule has 6 heteroatoms. The van der Waals surface area contributed by atoms with E-state index in [4.69, 9.17) is 4.42 Å². The van der Waals surface area contributed by atoms with E-state index in [2.05, 4.69) is 4.98 Å². The highest BCUT2D eigenvalue weighted by Gasteiger charge is 2.15. The van der Waals surface area contributed by atoms with Crippen LogP contribution < -0.4 is 0 Å². The number of benzene rings is 2. The SMILES string of the molecule is O=C(/C=C/c1ccc(-c2nc3ccccc3s2)o1)c1c(F)cccc1F. The van der Waals surface area contributed by atoms with Gasteiger partial charge in [-0.15, -0.1) is 11.3 Å². The first-order chi connectivity index (χ1) is 12.6. The number of allylic oxidation sites excluding steroid dienone is 1. The van der Waals surface area contributed by atoms with E-state index in [1.165, 1.54) is 23.5 Å². The smallest absolute Gasteiger partial charge is 0.191 e. The Bertz CT molecular complexity index is 1090. The Morgan fingerprint density at radius 3 is 2.54 bits per heavy atom. The third-order valence-corrected chi connectivity index (χ3v) is 4.79. The van der Waals surface area contributed by atoms with Crippen molar-refractivity contribution >= 4 is 33.4 Å². The number of ketones is 1. The van der Waals surface area contributed by atoms with Crippen molar-refractivity contribution in [3.63, 3.8) is 0 Å². The van der Waals surface area contributed by atoms with Crippen molar-refractivity contribution in [3.8, 4) is 10.8 Å². The van der Waals surface area contributed by atoms with Gasteiger partial charge in [0, 0.05) is 0 Å². The van der Waals surface area contributed by atoms with Crippen molar-refractivity contribution in [2.45, 2.75) is 0 Å². The van der Waals surface area contributed by atoms with Crippen molar-refractivity contribution in [2.75, 3.05) is 0 Å². The molecule has 0 unspecified atom stereocenters. The summed E-state index contributed by atoms with van der Waals surface area (Å²) in [5.41, 5.74) is 0.299. The molecule has 3 nitrogen and oxygen atoms in total. The van der Waals surface area contributed by atoms with E-state index in [1.807, 2.05) is 24.3 Å². The predicted octanol–water partition coefficient (Wildman–Crippen LogP) is 5.73. The number of rotatable bonds is 4. The van der Waals surface area contributed by atoms with E-state index in [1.54, 1.807) is 12.1 Å². The molecule has 0 fully saturated rings. The molecule has 2 aromatic heterocycles. The number of nitrogens with zero attached hydrogens (tertiary/aromatic N) is 1. The summed E-state index contributed by atoms with van der Waals surface area (Å²) in [7, 11) is 0. The summed E-state index contributed by atoms with van der Waals surface area (Å²) in [6.45, 7) is 0. The standard InChI is InChI=1S/C20H11F2NO2S/c21-13-4-3-5-14(22)19(13)16(24)10-8-12-9-11-17(25-12)20-23-15-6-1-2-7-18(15)26-20/h1-11H/b10-8+. The lowest BCUT2D eigenvalue weighted by Gasteiger charge is -1.99. The monoisotopic (exact) mass is 367 g/mol. The molecular formula is C20H11F2NO2S. The molecule has 0 amide bonds. The average molecular weight is 367 g/mol. The van der Waals surface area contributed by atoms with Gasteiger partial charge < -0.3 is 4.42 Å². The van der Waals surface area contributed by atoms with E-state index in [0.717, 1.165) is 33.4 Å². The number of hydrogen-bond acceptors (Lipinski definition) is 4. The number of para-hydroxylation sites is 1. The van der Waals surface area contributed by atoms with E-state index in [9.17, 15) is 13.6 Å². The Morgan fingerprint density at radius 2 is 1.77 bits per heavy atom. The van der Waals surface area contributed by atoms with E-state index < -0.39 is 23.0 Å². The number of carbonyl (C=O) groups is 1. The molecule has 0 aliphatic carbocycles. The van der Waals surface area contributed by atoms with Crippen LogP contribution >= 0.6 is 11.3 Å². The highest BCUT2D eigenvalue weighted by atomic mass is 32.1. The zero-order valence-electron chi connectivity index (χ0n) is 13.3. The highest BCUT2D eigenvalue weighted by Crippen LogP contribution is 2.31. The minimum Gasteiger partial charge on any atom is -0.454 e. The van der Waals surface area contributed by atoms with Crippen LogP contribution in [0.1, 0.15) is 16.1 Å². The number of halogens is 2. The summed E-state index contributed by atoms with van der Waals surface area (Å²) in [4.78, 5) is 16.5. The molecule has 128 valence electrons. The van der Waals surface area contributed by atoms with Crippen LogP contribution in [-0.2, 0) is 0 Å². The first-order valence-corrected chi connectivity index (χ1v) is 8.56. The van der Waals surface area contributed by atoms with Gasteiger partial charge in [-0.1, -0.05) is 18.2 Å². The van der Waals surface area contributed by atoms with Crippen LogP contribution in [0.2, 0.25) is 0 Å². The quantitative estimate of drug-likeness (QED) is 0.342. The van der Waals surface area contributed by atoms with Gasteiger partial charge in [0.2, 0.25) is 0 Å². The average Bonchev–Trinajstić information content (AvgIpc) is 3.26. The van der Waals surface area contributed by atoms with Crippen molar-refractivity contribution < 1.29 is 18.0 Å². The van der Waals surface area contributed by atoms with Crippen LogP contribution in [0.4, 0.5) is 8.78 Å². The molecule has 4 rings (SSSR count). The van der Waals surface area contributed by atoms with Gasteiger partial charge in [-0.3, -0.25) is 4.79 Å². The highest BCUT2D eigenvalue weighted by molar-refractivity contribution is 7.21. The van der Waals surface area contributed by atoms with Crippen LogP contribution in [0.5, 0.6) is 0 Å². The molecule has 0 atom stereocenters. The lowest BCUT2D eigenvalue weighted by Crippen LogP contribution is -2.02. The molecule has 26 heavy (non-hydrogen) atoms. The van der Waals surface area contributed by atoms with Gasteiger partial charge in [-0.2, -0.15) is 0 Å². The fourth-order valence-electron chi connectivity index (χ4n) is 2.51. The van der Waals surface area contributed by atoms with Gasteiger partial charge in [0.1, 0.15) is 17.4 Å². The molecular weight excluding hydrogens is 356 g/mol. The molecule has 0 saturated carbocycles. The van der Waals surface area contributed by atoms with Crippen LogP contribution in [0.3, 0.4) is 0 Å². The van der Waals surface area contributed by atoms with Gasteiger partial charge in [0.15, 0.2) is 16.6 Å². The van der Waals surface area contributed by atoms with Crippen LogP contribution in [0.15, 0.2) is 65.1 Å². The largest absolute Gasteiger partial charge is 0.454 e. The number of aromatic nitrogens is 1. The number of carbonyl (C=O) groups excluding carboxylic acids is 1. The predicted molar refractivity (Wildman–Crippen MR) is 97.0 cm³/mol. The molecule has 4 aromatic rings. The third kappa shape index (κ3) is 3.07. The molecule has 0 aliphatic rings. The van der Waals surface area contributed by atoms with Crippen LogP contribution in [0.25, 0.3) is 27.1 Å². The van der Waals surface area contributed by atoms with Crippen LogP contribution in [0, 0.1) is 11.6 Å². The summed E-state index contributed by atoms with van der Waals surface area (Å²) >= 11 is 1.49. The van der Waals surface area contributed by atoms with Crippen molar-refractivity contribution in [1.29, 1.82) is 0 Å². The molecule has 2 aromatic carbocycles. The van der Waals surface area contributed by atoms with E-state index in [-0.39, 0.29) is 0 Å². The maximum atomic E-state index is 13.6. The lowest BCUT2D eigenvalue weighted by molar-refractivity contribution is 0.104. The van der Waals surface area contributed by atoms with Gasteiger partial charge in [0.05, 0.1) is 15.8 Å². The second-order valence-corrected chi connectivity index (χ2v) is 6.51. The Labute approximate surface area is 151 Å². The molecule has 2 heterocycles. The summed E-state index contributed by atoms with van der Waals surface area (Å²) < 4.78 is 34.0. The Morgan fingerprint density at radius 1 is 1.00 bits per heavy atom. The van der Waals surface area contributed by atoms with Gasteiger partial charge in [-0.05, 0) is 48.6 Å². The van der Waals surface area contributed by atoms with E-state index >= 15 is 0 Å². The molecule has 0 bridgehead atoms. The maximum absolute atomic E-state index is 13.6. The summed E-state index contributed by atoms with van der Waals surface area (Å²) in [5.74, 6) is -1.60. The van der Waals surface area contributed by atoms with Crippen LogP contribution in [-0.4, -0.2) is 10.8 Å². The zero-order valence-corrected chi connectivity index (χ0v) is 14.1. The van der Waals surface area contributed by atoms with Gasteiger partial charge >= 0.3 is 0 Å². The number of furan rings is 1. The minimum absolute atomic E-state index is 0.393. The Hall–Kier alpha value is -3.12. The molecule has 0 spiro atoms. The first kappa shape index (κ1) is 16.4. The Kier molecular flexibility index (Phi) is 4.18. The lowest BCUT2D eigenvalue weighted by atomic mass is 10.1.